The smallest absolute Gasteiger partial charge is 0.325 e. The summed E-state index contributed by atoms with van der Waals surface area (Å²) >= 11 is 6.08. The van der Waals surface area contributed by atoms with Gasteiger partial charge in [-0.1, -0.05) is 48.0 Å². The van der Waals surface area contributed by atoms with E-state index in [2.05, 4.69) is 15.1 Å². The van der Waals surface area contributed by atoms with Gasteiger partial charge in [0.25, 0.3) is 5.91 Å². The van der Waals surface area contributed by atoms with Crippen LogP contribution in [0.3, 0.4) is 0 Å². The number of benzene rings is 2. The van der Waals surface area contributed by atoms with Gasteiger partial charge in [0.1, 0.15) is 6.04 Å². The van der Waals surface area contributed by atoms with Gasteiger partial charge in [0.05, 0.1) is 6.67 Å². The molecule has 7 heteroatoms. The van der Waals surface area contributed by atoms with Crippen molar-refractivity contribution in [3.8, 4) is 0 Å². The summed E-state index contributed by atoms with van der Waals surface area (Å²) in [5.41, 5.74) is 2.14. The first kappa shape index (κ1) is 18.8. The van der Waals surface area contributed by atoms with Gasteiger partial charge < -0.3 is 10.2 Å². The molecule has 0 bridgehead atoms. The van der Waals surface area contributed by atoms with Gasteiger partial charge in [-0.15, -0.1) is 0 Å². The summed E-state index contributed by atoms with van der Waals surface area (Å²) in [4.78, 5) is 30.8. The number of nitrogens with zero attached hydrogens (tertiary/aromatic N) is 3. The Morgan fingerprint density at radius 2 is 1.71 bits per heavy atom. The van der Waals surface area contributed by atoms with E-state index >= 15 is 0 Å². The number of hydrogen-bond donors (Lipinski definition) is 1. The molecule has 0 radical (unpaired) electrons. The van der Waals surface area contributed by atoms with E-state index in [-0.39, 0.29) is 11.9 Å². The minimum Gasteiger partial charge on any atom is -0.369 e. The molecule has 2 aliphatic rings. The molecule has 2 aromatic rings. The molecule has 1 atom stereocenters. The number of carbonyl (C=O) groups is 2. The van der Waals surface area contributed by atoms with Crippen LogP contribution in [0.2, 0.25) is 5.02 Å². The molecule has 6 nitrogen and oxygen atoms in total. The molecule has 0 saturated carbocycles. The number of carbonyl (C=O) groups excluding carboxylic acids is 2. The van der Waals surface area contributed by atoms with Gasteiger partial charge in [0, 0.05) is 43.3 Å². The normalized spacial score (nSPS) is 20.5. The van der Waals surface area contributed by atoms with E-state index in [1.807, 2.05) is 54.6 Å². The quantitative estimate of drug-likeness (QED) is 0.786. The van der Waals surface area contributed by atoms with Crippen molar-refractivity contribution in [3.05, 3.63) is 65.2 Å². The molecule has 2 saturated heterocycles. The van der Waals surface area contributed by atoms with Gasteiger partial charge in [0.15, 0.2) is 0 Å². The van der Waals surface area contributed by atoms with E-state index in [4.69, 9.17) is 11.6 Å². The lowest BCUT2D eigenvalue weighted by Crippen LogP contribution is -2.51. The highest BCUT2D eigenvalue weighted by molar-refractivity contribution is 6.30. The van der Waals surface area contributed by atoms with Crippen LogP contribution in [0.4, 0.5) is 10.5 Å². The average molecular weight is 399 g/mol. The first-order valence-corrected chi connectivity index (χ1v) is 9.86. The SMILES string of the molecule is O=C1N[C@H](Cc2ccccc2)C(=O)N1CN1CCN(c2cccc(Cl)c2)CC1. The minimum atomic E-state index is -0.484. The number of anilines is 1. The molecule has 146 valence electrons. The zero-order valence-electron chi connectivity index (χ0n) is 15.6. The van der Waals surface area contributed by atoms with E-state index < -0.39 is 6.04 Å². The highest BCUT2D eigenvalue weighted by atomic mass is 35.5. The van der Waals surface area contributed by atoms with Crippen LogP contribution in [0.1, 0.15) is 5.56 Å². The maximum Gasteiger partial charge on any atom is 0.325 e. The van der Waals surface area contributed by atoms with Gasteiger partial charge in [-0.05, 0) is 23.8 Å². The largest absolute Gasteiger partial charge is 0.369 e. The van der Waals surface area contributed by atoms with Crippen LogP contribution in [0.15, 0.2) is 54.6 Å². The average Bonchev–Trinajstić information content (AvgIpc) is 2.97. The van der Waals surface area contributed by atoms with Crippen molar-refractivity contribution in [2.75, 3.05) is 37.7 Å². The first-order valence-electron chi connectivity index (χ1n) is 9.49. The summed E-state index contributed by atoms with van der Waals surface area (Å²) in [5, 5.41) is 3.54. The monoisotopic (exact) mass is 398 g/mol. The molecule has 1 N–H and O–H groups in total. The molecular weight excluding hydrogens is 376 g/mol. The molecule has 0 aliphatic carbocycles. The van der Waals surface area contributed by atoms with Gasteiger partial charge in [-0.25, -0.2) is 9.69 Å². The van der Waals surface area contributed by atoms with Crippen LogP contribution < -0.4 is 10.2 Å². The number of rotatable bonds is 5. The molecule has 28 heavy (non-hydrogen) atoms. The zero-order chi connectivity index (χ0) is 19.5. The lowest BCUT2D eigenvalue weighted by atomic mass is 10.1. The second-order valence-electron chi connectivity index (χ2n) is 7.18. The minimum absolute atomic E-state index is 0.147. The van der Waals surface area contributed by atoms with Crippen LogP contribution in [0.25, 0.3) is 0 Å². The molecule has 4 rings (SSSR count). The number of amides is 3. The summed E-state index contributed by atoms with van der Waals surface area (Å²) < 4.78 is 0. The van der Waals surface area contributed by atoms with Crippen molar-refractivity contribution in [2.24, 2.45) is 0 Å². The van der Waals surface area contributed by atoms with Crippen molar-refractivity contribution < 1.29 is 9.59 Å². The Labute approximate surface area is 169 Å². The molecule has 0 unspecified atom stereocenters. The Hall–Kier alpha value is -2.57. The van der Waals surface area contributed by atoms with Crippen LogP contribution in [0.5, 0.6) is 0 Å². The highest BCUT2D eigenvalue weighted by Gasteiger charge is 2.38. The molecule has 2 heterocycles. The zero-order valence-corrected chi connectivity index (χ0v) is 16.3. The molecule has 2 aromatic carbocycles. The fourth-order valence-corrected chi connectivity index (χ4v) is 3.90. The predicted molar refractivity (Wildman–Crippen MR) is 109 cm³/mol. The van der Waals surface area contributed by atoms with Crippen molar-refractivity contribution >= 4 is 29.2 Å². The maximum absolute atomic E-state index is 12.7. The van der Waals surface area contributed by atoms with Gasteiger partial charge in [-0.3, -0.25) is 9.69 Å². The summed E-state index contributed by atoms with van der Waals surface area (Å²) in [6.45, 7) is 3.56. The Morgan fingerprint density at radius 3 is 2.43 bits per heavy atom. The highest BCUT2D eigenvalue weighted by Crippen LogP contribution is 2.21. The predicted octanol–water partition coefficient (Wildman–Crippen LogP) is 2.58. The van der Waals surface area contributed by atoms with Crippen molar-refractivity contribution in [1.82, 2.24) is 15.1 Å². The number of nitrogens with one attached hydrogen (secondary N) is 1. The van der Waals surface area contributed by atoms with Crippen LogP contribution in [0, 0.1) is 0 Å². The summed E-state index contributed by atoms with van der Waals surface area (Å²) in [6, 6.07) is 16.8. The molecule has 2 aliphatic heterocycles. The Kier molecular flexibility index (Phi) is 5.50. The van der Waals surface area contributed by atoms with Gasteiger partial charge >= 0.3 is 6.03 Å². The van der Waals surface area contributed by atoms with E-state index in [1.54, 1.807) is 0 Å². The number of piperazine rings is 1. The van der Waals surface area contributed by atoms with E-state index in [0.717, 1.165) is 42.5 Å². The molecular formula is C21H23ClN4O2. The number of imide groups is 1. The lowest BCUT2D eigenvalue weighted by molar-refractivity contribution is -0.129. The third kappa shape index (κ3) is 4.13. The van der Waals surface area contributed by atoms with E-state index in [1.165, 1.54) is 4.90 Å². The van der Waals surface area contributed by atoms with Crippen molar-refractivity contribution in [3.63, 3.8) is 0 Å². The fraction of sp³-hybridized carbons (Fsp3) is 0.333. The molecule has 0 spiro atoms. The van der Waals surface area contributed by atoms with Crippen LogP contribution >= 0.6 is 11.6 Å². The Balaban J connectivity index is 1.32. The maximum atomic E-state index is 12.7. The number of halogens is 1. The van der Waals surface area contributed by atoms with Gasteiger partial charge in [-0.2, -0.15) is 0 Å². The van der Waals surface area contributed by atoms with Crippen LogP contribution in [-0.4, -0.2) is 60.6 Å². The third-order valence-corrected chi connectivity index (χ3v) is 5.51. The number of hydrogen-bond acceptors (Lipinski definition) is 4. The first-order chi connectivity index (χ1) is 13.6. The Morgan fingerprint density at radius 1 is 0.964 bits per heavy atom. The molecule has 2 fully saturated rings. The summed E-state index contributed by atoms with van der Waals surface area (Å²) in [5.74, 6) is -0.147. The topological polar surface area (TPSA) is 55.9 Å². The van der Waals surface area contributed by atoms with Crippen molar-refractivity contribution in [1.29, 1.82) is 0 Å². The third-order valence-electron chi connectivity index (χ3n) is 5.28. The summed E-state index contributed by atoms with van der Waals surface area (Å²) in [6.07, 6.45) is 0.518. The standard InChI is InChI=1S/C21H23ClN4O2/c22-17-7-4-8-18(14-17)25-11-9-24(10-12-25)15-26-20(27)19(23-21(26)28)13-16-5-2-1-3-6-16/h1-8,14,19H,9-13,15H2,(H,23,28)/t19-/m1/s1. The van der Waals surface area contributed by atoms with E-state index in [0.29, 0.717) is 13.1 Å². The van der Waals surface area contributed by atoms with E-state index in [9.17, 15) is 9.59 Å². The Bertz CT molecular complexity index is 852. The lowest BCUT2D eigenvalue weighted by Gasteiger charge is -2.37. The number of urea groups is 1. The molecule has 3 amide bonds. The molecule has 0 aromatic heterocycles. The van der Waals surface area contributed by atoms with Gasteiger partial charge in [0.2, 0.25) is 0 Å². The van der Waals surface area contributed by atoms with Crippen LogP contribution in [-0.2, 0) is 11.2 Å². The second-order valence-corrected chi connectivity index (χ2v) is 7.62. The fourth-order valence-electron chi connectivity index (χ4n) is 3.72. The van der Waals surface area contributed by atoms with Crippen molar-refractivity contribution in [2.45, 2.75) is 12.5 Å². The summed E-state index contributed by atoms with van der Waals surface area (Å²) in [7, 11) is 0. The second kappa shape index (κ2) is 8.20.